The summed E-state index contributed by atoms with van der Waals surface area (Å²) in [4.78, 5) is 9.81. The van der Waals surface area contributed by atoms with E-state index in [2.05, 4.69) is 222 Å². The van der Waals surface area contributed by atoms with Crippen LogP contribution in [0.15, 0.2) is 152 Å². The fourth-order valence-corrected chi connectivity index (χ4v) is 8.57. The van der Waals surface area contributed by atoms with Crippen molar-refractivity contribution in [3.8, 4) is 28.4 Å². The lowest BCUT2D eigenvalue weighted by Crippen LogP contribution is -2.25. The van der Waals surface area contributed by atoms with Gasteiger partial charge >= 0.3 is 0 Å². The summed E-state index contributed by atoms with van der Waals surface area (Å²) in [5.41, 5.74) is 13.1. The summed E-state index contributed by atoms with van der Waals surface area (Å²) in [6.45, 7) is 21.2. The quantitative estimate of drug-likeness (QED) is 0.168. The number of anilines is 4. The molecular weight excluding hydrogens is 721 g/mol. The summed E-state index contributed by atoms with van der Waals surface area (Å²) in [6.07, 6.45) is 1.92. The maximum atomic E-state index is 6.79. The number of ether oxygens (including phenoxy) is 1. The molecule has 1 aliphatic heterocycles. The van der Waals surface area contributed by atoms with Gasteiger partial charge in [-0.1, -0.05) is 135 Å². The van der Waals surface area contributed by atoms with Crippen molar-refractivity contribution in [3.63, 3.8) is 0 Å². The zero-order valence-corrected chi connectivity index (χ0v) is 35.8. The second-order valence-corrected chi connectivity index (χ2v) is 19.1. The zero-order chi connectivity index (χ0) is 41.3. The molecule has 5 heteroatoms. The van der Waals surface area contributed by atoms with Gasteiger partial charge in [-0.2, -0.15) is 0 Å². The number of pyridine rings is 1. The monoisotopic (exact) mass is 774 g/mol. The average molecular weight is 775 g/mol. The Hall–Kier alpha value is -6.33. The number of aromatic nitrogens is 2. The van der Waals surface area contributed by atoms with E-state index >= 15 is 0 Å². The lowest BCUT2D eigenvalue weighted by atomic mass is 9.81. The van der Waals surface area contributed by atoms with Crippen LogP contribution in [0, 0.1) is 0 Å². The van der Waals surface area contributed by atoms with Crippen molar-refractivity contribution >= 4 is 44.6 Å². The lowest BCUT2D eigenvalue weighted by Gasteiger charge is -2.30. The maximum absolute atomic E-state index is 6.79. The molecular formula is C54H54N4O. The first-order chi connectivity index (χ1) is 28.1. The molecule has 0 atom stereocenters. The lowest BCUT2D eigenvalue weighted by molar-refractivity contribution is 0.483. The summed E-state index contributed by atoms with van der Waals surface area (Å²) in [5.74, 6) is 2.46. The van der Waals surface area contributed by atoms with Gasteiger partial charge in [0.2, 0.25) is 0 Å². The maximum Gasteiger partial charge on any atom is 0.137 e. The molecule has 0 fully saturated rings. The molecule has 2 aromatic heterocycles. The Morgan fingerprint density at radius 2 is 1.19 bits per heavy atom. The van der Waals surface area contributed by atoms with E-state index in [1.54, 1.807) is 0 Å². The van der Waals surface area contributed by atoms with Crippen molar-refractivity contribution in [2.24, 2.45) is 0 Å². The summed E-state index contributed by atoms with van der Waals surface area (Å²) in [7, 11) is 0. The third-order valence-electron chi connectivity index (χ3n) is 11.8. The van der Waals surface area contributed by atoms with Gasteiger partial charge in [0.1, 0.15) is 24.0 Å². The summed E-state index contributed by atoms with van der Waals surface area (Å²) in [5, 5.41) is 2.35. The van der Waals surface area contributed by atoms with Crippen LogP contribution >= 0.6 is 0 Å². The Kier molecular flexibility index (Phi) is 9.19. The topological polar surface area (TPSA) is 33.5 Å². The molecule has 59 heavy (non-hydrogen) atoms. The van der Waals surface area contributed by atoms with Crippen molar-refractivity contribution < 1.29 is 4.74 Å². The van der Waals surface area contributed by atoms with E-state index in [1.807, 2.05) is 6.20 Å². The fourth-order valence-electron chi connectivity index (χ4n) is 8.57. The molecule has 0 bridgehead atoms. The fraction of sp³-hybridized carbons (Fsp3) is 0.241. The van der Waals surface area contributed by atoms with Crippen molar-refractivity contribution in [2.75, 3.05) is 16.5 Å². The van der Waals surface area contributed by atoms with Crippen molar-refractivity contribution in [3.05, 3.63) is 168 Å². The first-order valence-electron chi connectivity index (χ1n) is 20.8. The van der Waals surface area contributed by atoms with E-state index in [-0.39, 0.29) is 16.2 Å². The molecule has 0 spiro atoms. The predicted octanol–water partition coefficient (Wildman–Crippen LogP) is 14.8. The highest BCUT2D eigenvalue weighted by Gasteiger charge is 2.33. The van der Waals surface area contributed by atoms with Crippen LogP contribution in [0.25, 0.3) is 38.8 Å². The molecule has 5 nitrogen and oxygen atoms in total. The van der Waals surface area contributed by atoms with Gasteiger partial charge in [0.15, 0.2) is 0 Å². The molecule has 0 unspecified atom stereocenters. The number of para-hydroxylation sites is 1. The highest BCUT2D eigenvalue weighted by molar-refractivity contribution is 6.09. The van der Waals surface area contributed by atoms with Crippen LogP contribution in [-0.4, -0.2) is 16.2 Å². The van der Waals surface area contributed by atoms with E-state index in [0.29, 0.717) is 6.67 Å². The normalized spacial score (nSPS) is 13.4. The van der Waals surface area contributed by atoms with Gasteiger partial charge in [-0.15, -0.1) is 0 Å². The molecule has 0 saturated carbocycles. The Balaban J connectivity index is 1.12. The van der Waals surface area contributed by atoms with Crippen LogP contribution in [-0.2, 0) is 16.2 Å². The summed E-state index contributed by atoms with van der Waals surface area (Å²) >= 11 is 0. The minimum Gasteiger partial charge on any atom is -0.457 e. The highest BCUT2D eigenvalue weighted by Crippen LogP contribution is 2.50. The smallest absolute Gasteiger partial charge is 0.137 e. The van der Waals surface area contributed by atoms with E-state index in [4.69, 9.17) is 9.72 Å². The van der Waals surface area contributed by atoms with Crippen LogP contribution in [0.1, 0.15) is 79.0 Å². The molecule has 0 aliphatic carbocycles. The number of hydrogen-bond donors (Lipinski definition) is 0. The summed E-state index contributed by atoms with van der Waals surface area (Å²) < 4.78 is 9.05. The predicted molar refractivity (Wildman–Crippen MR) is 249 cm³/mol. The van der Waals surface area contributed by atoms with Crippen LogP contribution in [0.2, 0.25) is 0 Å². The Morgan fingerprint density at radius 1 is 0.492 bits per heavy atom. The molecule has 3 heterocycles. The molecule has 6 aromatic carbocycles. The van der Waals surface area contributed by atoms with Crippen LogP contribution in [0.5, 0.6) is 11.5 Å². The Bertz CT molecular complexity index is 2850. The minimum atomic E-state index is -0.0461. The first-order valence-corrected chi connectivity index (χ1v) is 20.8. The van der Waals surface area contributed by atoms with Gasteiger partial charge in [-0.25, -0.2) is 4.98 Å². The van der Waals surface area contributed by atoms with Crippen molar-refractivity contribution in [2.45, 2.75) is 78.6 Å². The number of fused-ring (bicyclic) bond motifs is 4. The standard InChI is InChI=1S/C54H54N4O/c1-52(2,3)37-25-28-46-49(31-37)56(35-57(46)47-24-16-22-44(54(7,8)9)51(47)36-17-11-10-12-18-36)39-19-15-20-40(33-39)59-41-26-27-43-42-21-13-14-23-45(42)58(48(43)34-41)50-32-38(29-30-55-50)53(4,5)6/h10-34H,35H2,1-9H3. The third-order valence-corrected chi connectivity index (χ3v) is 11.8. The van der Waals surface area contributed by atoms with E-state index in [1.165, 1.54) is 55.7 Å². The minimum absolute atomic E-state index is 0.00240. The van der Waals surface area contributed by atoms with Gasteiger partial charge in [0, 0.05) is 40.4 Å². The van der Waals surface area contributed by atoms with Gasteiger partial charge in [-0.3, -0.25) is 4.57 Å². The van der Waals surface area contributed by atoms with Crippen molar-refractivity contribution in [1.82, 2.24) is 9.55 Å². The second-order valence-electron chi connectivity index (χ2n) is 19.1. The second kappa shape index (κ2) is 14.2. The van der Waals surface area contributed by atoms with Crippen molar-refractivity contribution in [1.29, 1.82) is 0 Å². The molecule has 0 N–H and O–H groups in total. The van der Waals surface area contributed by atoms with Crippen LogP contribution in [0.3, 0.4) is 0 Å². The van der Waals surface area contributed by atoms with E-state index in [9.17, 15) is 0 Å². The SMILES string of the molecule is CC(C)(C)c1ccnc(-n2c3ccccc3c3ccc(Oc4cccc(N5CN(c6cccc(C(C)(C)C)c6-c6ccccc6)c6ccc(C(C)(C)C)cc65)c4)cc32)c1. The van der Waals surface area contributed by atoms with E-state index < -0.39 is 0 Å². The molecule has 1 aliphatic rings. The summed E-state index contributed by atoms with van der Waals surface area (Å²) in [6, 6.07) is 52.5. The molecule has 296 valence electrons. The number of rotatable bonds is 6. The largest absolute Gasteiger partial charge is 0.457 e. The first kappa shape index (κ1) is 38.2. The molecule has 8 aromatic rings. The van der Waals surface area contributed by atoms with E-state index in [0.717, 1.165) is 34.0 Å². The number of hydrogen-bond acceptors (Lipinski definition) is 4. The Labute approximate surface area is 349 Å². The highest BCUT2D eigenvalue weighted by atomic mass is 16.5. The van der Waals surface area contributed by atoms with Gasteiger partial charge in [0.25, 0.3) is 0 Å². The molecule has 9 rings (SSSR count). The zero-order valence-electron chi connectivity index (χ0n) is 35.8. The van der Waals surface area contributed by atoms with Gasteiger partial charge in [-0.05, 0) is 99.2 Å². The molecule has 0 saturated heterocycles. The number of benzene rings is 6. The van der Waals surface area contributed by atoms with Gasteiger partial charge < -0.3 is 14.5 Å². The van der Waals surface area contributed by atoms with Gasteiger partial charge in [0.05, 0.1) is 28.1 Å². The third kappa shape index (κ3) is 7.03. The molecule has 0 amide bonds. The molecule has 0 radical (unpaired) electrons. The van der Waals surface area contributed by atoms with Crippen LogP contribution < -0.4 is 14.5 Å². The average Bonchev–Trinajstić information content (AvgIpc) is 3.76. The Morgan fingerprint density at radius 3 is 1.95 bits per heavy atom. The number of nitrogens with zero attached hydrogens (tertiary/aromatic N) is 4. The van der Waals surface area contributed by atoms with Crippen LogP contribution in [0.4, 0.5) is 22.7 Å².